The molecule has 0 aromatic rings. The Morgan fingerprint density at radius 2 is 1.83 bits per heavy atom. The van der Waals surface area contributed by atoms with Crippen molar-refractivity contribution in [2.45, 2.75) is 24.4 Å². The van der Waals surface area contributed by atoms with Crippen LogP contribution in [0.15, 0.2) is 0 Å². The van der Waals surface area contributed by atoms with E-state index >= 15 is 0 Å². The Balaban J connectivity index is 2.68. The van der Waals surface area contributed by atoms with Crippen LogP contribution in [0.2, 0.25) is 0 Å². The molecule has 0 radical (unpaired) electrons. The molecule has 0 unspecified atom stereocenters. The predicted octanol–water partition coefficient (Wildman–Crippen LogP) is -0.272. The molecule has 1 aliphatic heterocycles. The fourth-order valence-electron chi connectivity index (χ4n) is 1.35. The van der Waals surface area contributed by atoms with Gasteiger partial charge in [0.2, 0.25) is 0 Å². The van der Waals surface area contributed by atoms with Crippen LogP contribution in [0.3, 0.4) is 0 Å². The molecule has 1 fully saturated rings. The first-order valence-electron chi connectivity index (χ1n) is 3.94. The van der Waals surface area contributed by atoms with Crippen LogP contribution >= 0.6 is 0 Å². The van der Waals surface area contributed by atoms with Gasteiger partial charge in [-0.05, 0) is 25.9 Å². The summed E-state index contributed by atoms with van der Waals surface area (Å²) >= 11 is 0. The fraction of sp³-hybridized carbons (Fsp3) is 1.00. The van der Waals surface area contributed by atoms with E-state index in [1.807, 2.05) is 0 Å². The normalized spacial score (nSPS) is 24.0. The van der Waals surface area contributed by atoms with Crippen molar-refractivity contribution in [1.29, 1.82) is 0 Å². The van der Waals surface area contributed by atoms with Gasteiger partial charge in [-0.1, -0.05) is 0 Å². The Labute approximate surface area is 69.4 Å². The molecule has 0 amide bonds. The predicted molar refractivity (Wildman–Crippen MR) is 39.1 cm³/mol. The van der Waals surface area contributed by atoms with E-state index in [9.17, 15) is 13.9 Å². The van der Waals surface area contributed by atoms with Crippen LogP contribution in [0, 0.1) is 0 Å². The van der Waals surface area contributed by atoms with Crippen molar-refractivity contribution >= 4 is 0 Å². The first-order chi connectivity index (χ1) is 5.52. The lowest BCUT2D eigenvalue weighted by molar-refractivity contribution is -0.209. The van der Waals surface area contributed by atoms with Crippen molar-refractivity contribution in [3.63, 3.8) is 0 Å². The summed E-state index contributed by atoms with van der Waals surface area (Å²) in [4.78, 5) is 0. The van der Waals surface area contributed by atoms with E-state index in [2.05, 4.69) is 5.32 Å². The molecule has 12 heavy (non-hydrogen) atoms. The van der Waals surface area contributed by atoms with Crippen LogP contribution in [0.4, 0.5) is 8.78 Å². The van der Waals surface area contributed by atoms with E-state index < -0.39 is 18.1 Å². The molecule has 0 spiro atoms. The van der Waals surface area contributed by atoms with Crippen molar-refractivity contribution in [3.05, 3.63) is 0 Å². The summed E-state index contributed by atoms with van der Waals surface area (Å²) in [6, 6.07) is 0. The van der Waals surface area contributed by atoms with E-state index in [0.717, 1.165) is 0 Å². The van der Waals surface area contributed by atoms with Gasteiger partial charge < -0.3 is 15.5 Å². The van der Waals surface area contributed by atoms with Crippen molar-refractivity contribution < 1.29 is 19.0 Å². The summed E-state index contributed by atoms with van der Waals surface area (Å²) in [5, 5.41) is 20.7. The van der Waals surface area contributed by atoms with Crippen molar-refractivity contribution in [1.82, 2.24) is 5.32 Å². The highest BCUT2D eigenvalue weighted by Gasteiger charge is 2.52. The Morgan fingerprint density at radius 1 is 1.33 bits per heavy atom. The Kier molecular flexibility index (Phi) is 2.65. The minimum absolute atomic E-state index is 0.0133. The Bertz CT molecular complexity index is 157. The van der Waals surface area contributed by atoms with E-state index in [1.165, 1.54) is 0 Å². The molecule has 0 aliphatic carbocycles. The SMILES string of the molecule is OCC(F)(F)C1(O)CCNCC1. The number of alkyl halides is 2. The monoisotopic (exact) mass is 181 g/mol. The topological polar surface area (TPSA) is 52.5 Å². The van der Waals surface area contributed by atoms with Gasteiger partial charge in [0.1, 0.15) is 12.2 Å². The summed E-state index contributed by atoms with van der Waals surface area (Å²) in [7, 11) is 0. The molecule has 3 nitrogen and oxygen atoms in total. The molecule has 1 heterocycles. The first kappa shape index (κ1) is 9.83. The maximum absolute atomic E-state index is 12.9. The number of hydrogen-bond acceptors (Lipinski definition) is 3. The summed E-state index contributed by atoms with van der Waals surface area (Å²) in [6.45, 7) is -0.554. The fourth-order valence-corrected chi connectivity index (χ4v) is 1.35. The maximum atomic E-state index is 12.9. The zero-order chi connectivity index (χ0) is 9.24. The number of nitrogens with one attached hydrogen (secondary N) is 1. The van der Waals surface area contributed by atoms with Gasteiger partial charge in [0.15, 0.2) is 0 Å². The van der Waals surface area contributed by atoms with E-state index in [1.54, 1.807) is 0 Å². The highest BCUT2D eigenvalue weighted by Crippen LogP contribution is 2.35. The summed E-state index contributed by atoms with van der Waals surface area (Å²) in [5.41, 5.74) is -2.02. The molecule has 0 atom stereocenters. The molecule has 0 bridgehead atoms. The zero-order valence-electron chi connectivity index (χ0n) is 6.69. The van der Waals surface area contributed by atoms with Gasteiger partial charge in [-0.2, -0.15) is 0 Å². The maximum Gasteiger partial charge on any atom is 0.298 e. The van der Waals surface area contributed by atoms with Gasteiger partial charge >= 0.3 is 0 Å². The molecule has 0 aromatic carbocycles. The average Bonchev–Trinajstić information content (AvgIpc) is 2.06. The van der Waals surface area contributed by atoms with Crippen molar-refractivity contribution in [2.75, 3.05) is 19.7 Å². The second-order valence-electron chi connectivity index (χ2n) is 3.14. The second-order valence-corrected chi connectivity index (χ2v) is 3.14. The molecule has 3 N–H and O–H groups in total. The molecule has 0 saturated carbocycles. The minimum atomic E-state index is -3.38. The van der Waals surface area contributed by atoms with Crippen LogP contribution < -0.4 is 5.32 Å². The lowest BCUT2D eigenvalue weighted by atomic mass is 9.86. The summed E-state index contributed by atoms with van der Waals surface area (Å²) < 4.78 is 25.8. The lowest BCUT2D eigenvalue weighted by Crippen LogP contribution is -2.56. The molecular formula is C7H13F2NO2. The first-order valence-corrected chi connectivity index (χ1v) is 3.94. The van der Waals surface area contributed by atoms with Gasteiger partial charge in [-0.3, -0.25) is 0 Å². The highest BCUT2D eigenvalue weighted by atomic mass is 19.3. The van der Waals surface area contributed by atoms with Crippen molar-refractivity contribution in [2.24, 2.45) is 0 Å². The van der Waals surface area contributed by atoms with E-state index in [0.29, 0.717) is 13.1 Å². The third-order valence-corrected chi connectivity index (χ3v) is 2.31. The van der Waals surface area contributed by atoms with Crippen molar-refractivity contribution in [3.8, 4) is 0 Å². The molecule has 5 heteroatoms. The van der Waals surface area contributed by atoms with Crippen LogP contribution in [0.5, 0.6) is 0 Å². The van der Waals surface area contributed by atoms with Gasteiger partial charge in [0.05, 0.1) is 0 Å². The van der Waals surface area contributed by atoms with Crippen LogP contribution in [-0.2, 0) is 0 Å². The Hall–Kier alpha value is -0.260. The number of hydrogen-bond donors (Lipinski definition) is 3. The summed E-state index contributed by atoms with van der Waals surface area (Å²) in [6.07, 6.45) is -0.0267. The molecular weight excluding hydrogens is 168 g/mol. The third kappa shape index (κ3) is 1.57. The molecule has 1 saturated heterocycles. The van der Waals surface area contributed by atoms with Gasteiger partial charge in [-0.25, -0.2) is 8.78 Å². The largest absolute Gasteiger partial charge is 0.390 e. The molecule has 1 aliphatic rings. The minimum Gasteiger partial charge on any atom is -0.390 e. The quantitative estimate of drug-likeness (QED) is 0.549. The molecule has 72 valence electrons. The van der Waals surface area contributed by atoms with E-state index in [4.69, 9.17) is 5.11 Å². The average molecular weight is 181 g/mol. The standard InChI is InChI=1S/C7H13F2NO2/c8-7(9,5-11)6(12)1-3-10-4-2-6/h10-12H,1-5H2. The Morgan fingerprint density at radius 3 is 2.25 bits per heavy atom. The lowest BCUT2D eigenvalue weighted by Gasteiger charge is -2.37. The van der Waals surface area contributed by atoms with Gasteiger partial charge in [0.25, 0.3) is 5.92 Å². The van der Waals surface area contributed by atoms with Gasteiger partial charge in [-0.15, -0.1) is 0 Å². The van der Waals surface area contributed by atoms with Crippen LogP contribution in [-0.4, -0.2) is 41.4 Å². The number of halogens is 2. The van der Waals surface area contributed by atoms with E-state index in [-0.39, 0.29) is 12.8 Å². The zero-order valence-corrected chi connectivity index (χ0v) is 6.69. The second kappa shape index (κ2) is 3.24. The number of aliphatic hydroxyl groups is 2. The number of piperidine rings is 1. The van der Waals surface area contributed by atoms with Crippen LogP contribution in [0.25, 0.3) is 0 Å². The smallest absolute Gasteiger partial charge is 0.298 e. The highest BCUT2D eigenvalue weighted by molar-refractivity contribution is 4.95. The summed E-state index contributed by atoms with van der Waals surface area (Å²) in [5.74, 6) is -3.38. The number of aliphatic hydroxyl groups excluding tert-OH is 1. The van der Waals surface area contributed by atoms with Gasteiger partial charge in [0, 0.05) is 0 Å². The number of rotatable bonds is 2. The van der Waals surface area contributed by atoms with Crippen LogP contribution in [0.1, 0.15) is 12.8 Å². The third-order valence-electron chi connectivity index (χ3n) is 2.31. The molecule has 1 rings (SSSR count). The molecule has 0 aromatic heterocycles.